The van der Waals surface area contributed by atoms with Gasteiger partial charge in [0.1, 0.15) is 11.6 Å². The van der Waals surface area contributed by atoms with Crippen molar-refractivity contribution in [3.63, 3.8) is 0 Å². The molecule has 0 saturated carbocycles. The summed E-state index contributed by atoms with van der Waals surface area (Å²) in [5.41, 5.74) is 1.61. The molecule has 1 atom stereocenters. The van der Waals surface area contributed by atoms with Crippen molar-refractivity contribution >= 4 is 57.3 Å². The Morgan fingerprint density at radius 2 is 1.80 bits per heavy atom. The molecule has 4 aromatic rings. The molecule has 5 rings (SSSR count). The first kappa shape index (κ1) is 31.5. The molecule has 12 heteroatoms. The maximum Gasteiger partial charge on any atom is 0.301 e. The fourth-order valence-corrected chi connectivity index (χ4v) is 6.52. The minimum Gasteiger partial charge on any atom is -0.507 e. The van der Waals surface area contributed by atoms with Gasteiger partial charge in [0.2, 0.25) is 5.13 Å². The summed E-state index contributed by atoms with van der Waals surface area (Å²) in [4.78, 5) is 28.4. The van der Waals surface area contributed by atoms with Gasteiger partial charge in [-0.25, -0.2) is 4.39 Å². The van der Waals surface area contributed by atoms with E-state index < -0.39 is 17.7 Å². The van der Waals surface area contributed by atoms with Crippen molar-refractivity contribution in [3.8, 4) is 11.5 Å². The zero-order valence-corrected chi connectivity index (χ0v) is 26.5. The number of hydrogen-bond acceptors (Lipinski definition) is 9. The number of carbonyl (C=O) groups is 2. The van der Waals surface area contributed by atoms with Crippen LogP contribution >= 0.6 is 34.7 Å². The van der Waals surface area contributed by atoms with E-state index in [0.29, 0.717) is 50.3 Å². The Balaban J connectivity index is 1.54. The molecule has 3 aromatic carbocycles. The SMILES string of the molecule is COc1cc(C2/C(=C(/O)c3ccc(Cl)cc3)C(=O)C(=O)N2c2nnc(SCc3ccc(F)cc3)s2)ccc1OCCC(C)C. The highest BCUT2D eigenvalue weighted by molar-refractivity contribution is 8.00. The normalized spacial score (nSPS) is 16.1. The summed E-state index contributed by atoms with van der Waals surface area (Å²) in [7, 11) is 1.51. The molecule has 1 fully saturated rings. The first-order valence-electron chi connectivity index (χ1n) is 13.7. The topological polar surface area (TPSA) is 102 Å². The van der Waals surface area contributed by atoms with Crippen LogP contribution in [0, 0.1) is 11.7 Å². The molecule has 44 heavy (non-hydrogen) atoms. The third kappa shape index (κ3) is 6.90. The number of anilines is 1. The van der Waals surface area contributed by atoms with Gasteiger partial charge in [0, 0.05) is 16.3 Å². The predicted octanol–water partition coefficient (Wildman–Crippen LogP) is 7.68. The molecular weight excluding hydrogens is 625 g/mol. The lowest BCUT2D eigenvalue weighted by Gasteiger charge is -2.23. The summed E-state index contributed by atoms with van der Waals surface area (Å²) in [6.07, 6.45) is 0.852. The van der Waals surface area contributed by atoms with Crippen molar-refractivity contribution in [2.24, 2.45) is 5.92 Å². The number of halogens is 2. The van der Waals surface area contributed by atoms with Gasteiger partial charge < -0.3 is 14.6 Å². The predicted molar refractivity (Wildman–Crippen MR) is 170 cm³/mol. The number of carbonyl (C=O) groups excluding carboxylic acids is 2. The molecule has 228 valence electrons. The van der Waals surface area contributed by atoms with Crippen LogP contribution in [0.3, 0.4) is 0 Å². The van der Waals surface area contributed by atoms with Crippen molar-refractivity contribution in [2.75, 3.05) is 18.6 Å². The Hall–Kier alpha value is -3.93. The highest BCUT2D eigenvalue weighted by Crippen LogP contribution is 2.45. The van der Waals surface area contributed by atoms with Crippen LogP contribution in [0.1, 0.15) is 43.0 Å². The molecule has 0 bridgehead atoms. The molecule has 1 aliphatic rings. The van der Waals surface area contributed by atoms with Gasteiger partial charge in [-0.15, -0.1) is 10.2 Å². The van der Waals surface area contributed by atoms with Gasteiger partial charge in [-0.05, 0) is 72.0 Å². The lowest BCUT2D eigenvalue weighted by Crippen LogP contribution is -2.29. The second kappa shape index (κ2) is 13.8. The highest BCUT2D eigenvalue weighted by atomic mass is 35.5. The lowest BCUT2D eigenvalue weighted by molar-refractivity contribution is -0.132. The van der Waals surface area contributed by atoms with E-state index in [0.717, 1.165) is 23.3 Å². The Labute approximate surface area is 267 Å². The number of aliphatic hydroxyl groups is 1. The highest BCUT2D eigenvalue weighted by Gasteiger charge is 2.48. The molecule has 0 aliphatic carbocycles. The number of hydrogen-bond donors (Lipinski definition) is 1. The summed E-state index contributed by atoms with van der Waals surface area (Å²) < 4.78 is 25.4. The smallest absolute Gasteiger partial charge is 0.301 e. The summed E-state index contributed by atoms with van der Waals surface area (Å²) in [6.45, 7) is 4.70. The molecule has 0 radical (unpaired) electrons. The third-order valence-corrected chi connectivity index (χ3v) is 9.27. The Morgan fingerprint density at radius 3 is 2.48 bits per heavy atom. The minimum absolute atomic E-state index is 0.108. The maximum atomic E-state index is 13.6. The van der Waals surface area contributed by atoms with Crippen LogP contribution in [0.2, 0.25) is 5.02 Å². The molecule has 1 N–H and O–H groups in total. The summed E-state index contributed by atoms with van der Waals surface area (Å²) in [5.74, 6) is -0.501. The van der Waals surface area contributed by atoms with E-state index in [1.54, 1.807) is 54.6 Å². The number of rotatable bonds is 11. The molecule has 1 aromatic heterocycles. The van der Waals surface area contributed by atoms with Crippen LogP contribution in [0.15, 0.2) is 76.6 Å². The van der Waals surface area contributed by atoms with Crippen LogP contribution in [-0.2, 0) is 15.3 Å². The number of thioether (sulfide) groups is 1. The molecule has 0 spiro atoms. The van der Waals surface area contributed by atoms with Crippen LogP contribution in [-0.4, -0.2) is 40.7 Å². The molecule has 8 nitrogen and oxygen atoms in total. The number of benzene rings is 3. The second-order valence-corrected chi connectivity index (χ2v) is 13.0. The fraction of sp³-hybridized carbons (Fsp3) is 0.250. The van der Waals surface area contributed by atoms with Gasteiger partial charge in [-0.1, -0.05) is 66.7 Å². The lowest BCUT2D eigenvalue weighted by atomic mass is 9.95. The van der Waals surface area contributed by atoms with Gasteiger partial charge in [0.15, 0.2) is 15.8 Å². The molecule has 2 heterocycles. The summed E-state index contributed by atoms with van der Waals surface area (Å²) in [5, 5.41) is 20.5. The van der Waals surface area contributed by atoms with E-state index in [1.807, 2.05) is 0 Å². The maximum absolute atomic E-state index is 13.6. The van der Waals surface area contributed by atoms with Crippen LogP contribution in [0.5, 0.6) is 11.5 Å². The average Bonchev–Trinajstić information content (AvgIpc) is 3.58. The first-order chi connectivity index (χ1) is 21.2. The van der Waals surface area contributed by atoms with Crippen molar-refractivity contribution in [1.29, 1.82) is 0 Å². The Morgan fingerprint density at radius 1 is 1.07 bits per heavy atom. The number of nitrogens with zero attached hydrogens (tertiary/aromatic N) is 3. The molecular formula is C32H29ClFN3O5S2. The van der Waals surface area contributed by atoms with Crippen LogP contribution in [0.4, 0.5) is 9.52 Å². The number of ether oxygens (including phenoxy) is 2. The number of aromatic nitrogens is 2. The Kier molecular flexibility index (Phi) is 9.87. The van der Waals surface area contributed by atoms with Crippen molar-refractivity contribution in [2.45, 2.75) is 36.4 Å². The number of aliphatic hydroxyl groups excluding tert-OH is 1. The zero-order chi connectivity index (χ0) is 31.4. The minimum atomic E-state index is -1.04. The van der Waals surface area contributed by atoms with Crippen molar-refractivity contribution in [1.82, 2.24) is 10.2 Å². The number of amides is 1. The van der Waals surface area contributed by atoms with Gasteiger partial charge in [-0.3, -0.25) is 14.5 Å². The molecule has 1 unspecified atom stereocenters. The number of Topliss-reactive ketones (excluding diaryl/α,β-unsaturated/α-hetero) is 1. The quantitative estimate of drug-likeness (QED) is 0.0578. The van der Waals surface area contributed by atoms with E-state index in [9.17, 15) is 19.1 Å². The van der Waals surface area contributed by atoms with E-state index in [-0.39, 0.29) is 22.3 Å². The standard InChI is InChI=1S/C32H29ClFN3O5S2/c1-18(2)14-15-42-24-13-8-21(16-25(24)41-3)27-26(28(38)20-6-9-22(33)10-7-20)29(39)30(40)37(27)31-35-36-32(44-31)43-17-19-4-11-23(34)12-5-19/h4-13,16,18,27,38H,14-15,17H2,1-3H3/b28-26-. The first-order valence-corrected chi connectivity index (χ1v) is 15.9. The Bertz CT molecular complexity index is 1690. The molecule has 1 saturated heterocycles. The van der Waals surface area contributed by atoms with E-state index >= 15 is 0 Å². The van der Waals surface area contributed by atoms with Gasteiger partial charge in [0.25, 0.3) is 5.78 Å². The van der Waals surface area contributed by atoms with E-state index in [1.165, 1.54) is 35.9 Å². The van der Waals surface area contributed by atoms with E-state index in [2.05, 4.69) is 24.0 Å². The fourth-order valence-electron chi connectivity index (χ4n) is 4.57. The van der Waals surface area contributed by atoms with Crippen molar-refractivity contribution < 1.29 is 28.6 Å². The molecule has 1 amide bonds. The number of ketones is 1. The van der Waals surface area contributed by atoms with Crippen LogP contribution < -0.4 is 14.4 Å². The second-order valence-electron chi connectivity index (χ2n) is 10.4. The van der Waals surface area contributed by atoms with Crippen LogP contribution in [0.25, 0.3) is 5.76 Å². The third-order valence-electron chi connectivity index (χ3n) is 6.90. The van der Waals surface area contributed by atoms with Crippen molar-refractivity contribution in [3.05, 3.63) is 99.8 Å². The van der Waals surface area contributed by atoms with Gasteiger partial charge >= 0.3 is 5.91 Å². The summed E-state index contributed by atoms with van der Waals surface area (Å²) >= 11 is 8.55. The largest absolute Gasteiger partial charge is 0.507 e. The molecule has 1 aliphatic heterocycles. The monoisotopic (exact) mass is 653 g/mol. The zero-order valence-electron chi connectivity index (χ0n) is 24.1. The van der Waals surface area contributed by atoms with E-state index in [4.69, 9.17) is 21.1 Å². The number of methoxy groups -OCH3 is 1. The van der Waals surface area contributed by atoms with Gasteiger partial charge in [0.05, 0.1) is 25.3 Å². The van der Waals surface area contributed by atoms with Gasteiger partial charge in [-0.2, -0.15) is 0 Å². The summed E-state index contributed by atoms with van der Waals surface area (Å²) in [6, 6.07) is 16.6. The average molecular weight is 654 g/mol.